The van der Waals surface area contributed by atoms with Gasteiger partial charge in [-0.05, 0) is 40.2 Å². The summed E-state index contributed by atoms with van der Waals surface area (Å²) in [5.74, 6) is 0.861. The van der Waals surface area contributed by atoms with Gasteiger partial charge in [-0.2, -0.15) is 0 Å². The van der Waals surface area contributed by atoms with Crippen LogP contribution in [0.3, 0.4) is 0 Å². The maximum absolute atomic E-state index is 5.38. The van der Waals surface area contributed by atoms with Gasteiger partial charge in [0.15, 0.2) is 0 Å². The number of halogens is 1. The number of hydrogen-bond acceptors (Lipinski definition) is 4. The third-order valence-corrected chi connectivity index (χ3v) is 4.34. The van der Waals surface area contributed by atoms with Crippen LogP contribution in [0.5, 0.6) is 5.75 Å². The van der Waals surface area contributed by atoms with Crippen molar-refractivity contribution in [3.8, 4) is 5.75 Å². The second kappa shape index (κ2) is 5.81. The van der Waals surface area contributed by atoms with Crippen molar-refractivity contribution in [1.29, 1.82) is 0 Å². The normalized spacial score (nSPS) is 10.7. The summed E-state index contributed by atoms with van der Waals surface area (Å²) in [4.78, 5) is 10.9. The maximum Gasteiger partial charge on any atom is 0.132 e. The molecule has 2 heterocycles. The molecule has 0 unspecified atom stereocenters. The van der Waals surface area contributed by atoms with Gasteiger partial charge in [0.2, 0.25) is 0 Å². The summed E-state index contributed by atoms with van der Waals surface area (Å²) in [6.45, 7) is 0. The standard InChI is InChI=1S/C15H11BrN2OS/c1-19-12-4-2-3-5-13(12)20-14-6-7-17-11-8-10(16)9-18-15(11)14/h2-9H,1H3. The first-order valence-corrected chi connectivity index (χ1v) is 7.60. The molecular formula is C15H11BrN2OS. The summed E-state index contributed by atoms with van der Waals surface area (Å²) in [5.41, 5.74) is 1.77. The van der Waals surface area contributed by atoms with E-state index in [2.05, 4.69) is 25.9 Å². The van der Waals surface area contributed by atoms with Crippen LogP contribution in [-0.4, -0.2) is 17.1 Å². The first-order valence-electron chi connectivity index (χ1n) is 5.99. The SMILES string of the molecule is COc1ccccc1Sc1ccnc2cc(Br)cnc12. The number of ether oxygens (including phenoxy) is 1. The first kappa shape index (κ1) is 13.4. The van der Waals surface area contributed by atoms with Gasteiger partial charge in [0, 0.05) is 21.8 Å². The average molecular weight is 347 g/mol. The number of pyridine rings is 2. The van der Waals surface area contributed by atoms with E-state index in [1.165, 1.54) is 0 Å². The van der Waals surface area contributed by atoms with Crippen molar-refractivity contribution in [2.45, 2.75) is 9.79 Å². The van der Waals surface area contributed by atoms with Gasteiger partial charge in [-0.25, -0.2) is 0 Å². The van der Waals surface area contributed by atoms with Crippen LogP contribution in [0.1, 0.15) is 0 Å². The van der Waals surface area contributed by atoms with E-state index >= 15 is 0 Å². The lowest BCUT2D eigenvalue weighted by atomic mass is 10.3. The van der Waals surface area contributed by atoms with E-state index in [0.29, 0.717) is 0 Å². The fraction of sp³-hybridized carbons (Fsp3) is 0.0667. The Morgan fingerprint density at radius 2 is 1.95 bits per heavy atom. The molecule has 0 amide bonds. The molecule has 100 valence electrons. The lowest BCUT2D eigenvalue weighted by Gasteiger charge is -2.09. The summed E-state index contributed by atoms with van der Waals surface area (Å²) in [6.07, 6.45) is 3.59. The summed E-state index contributed by atoms with van der Waals surface area (Å²) in [7, 11) is 1.68. The van der Waals surface area contributed by atoms with Crippen molar-refractivity contribution < 1.29 is 4.74 Å². The summed E-state index contributed by atoms with van der Waals surface area (Å²) in [5, 5.41) is 0. The number of aromatic nitrogens is 2. The Bertz CT molecular complexity index is 764. The molecule has 20 heavy (non-hydrogen) atoms. The van der Waals surface area contributed by atoms with Gasteiger partial charge in [0.25, 0.3) is 0 Å². The molecule has 0 saturated carbocycles. The van der Waals surface area contributed by atoms with Crippen LogP contribution in [0.25, 0.3) is 11.0 Å². The molecule has 2 aromatic heterocycles. The lowest BCUT2D eigenvalue weighted by molar-refractivity contribution is 0.405. The topological polar surface area (TPSA) is 35.0 Å². The fourth-order valence-corrected chi connectivity index (χ4v) is 3.22. The smallest absolute Gasteiger partial charge is 0.132 e. The molecule has 1 aromatic carbocycles. The van der Waals surface area contributed by atoms with E-state index in [1.54, 1.807) is 31.3 Å². The Kier molecular flexibility index (Phi) is 3.89. The van der Waals surface area contributed by atoms with Gasteiger partial charge in [-0.3, -0.25) is 9.97 Å². The highest BCUT2D eigenvalue weighted by Crippen LogP contribution is 2.37. The number of benzene rings is 1. The average Bonchev–Trinajstić information content (AvgIpc) is 2.47. The van der Waals surface area contributed by atoms with E-state index in [9.17, 15) is 0 Å². The minimum Gasteiger partial charge on any atom is -0.496 e. The van der Waals surface area contributed by atoms with Crippen LogP contribution < -0.4 is 4.74 Å². The number of fused-ring (bicyclic) bond motifs is 1. The number of rotatable bonds is 3. The molecular weight excluding hydrogens is 336 g/mol. The Morgan fingerprint density at radius 3 is 2.80 bits per heavy atom. The minimum absolute atomic E-state index is 0.861. The third-order valence-electron chi connectivity index (χ3n) is 2.80. The number of para-hydroxylation sites is 1. The van der Waals surface area contributed by atoms with E-state index < -0.39 is 0 Å². The van der Waals surface area contributed by atoms with Crippen molar-refractivity contribution >= 4 is 38.7 Å². The fourth-order valence-electron chi connectivity index (χ4n) is 1.88. The van der Waals surface area contributed by atoms with Crippen molar-refractivity contribution in [3.63, 3.8) is 0 Å². The zero-order chi connectivity index (χ0) is 13.9. The summed E-state index contributed by atoms with van der Waals surface area (Å²) in [6, 6.07) is 11.9. The quantitative estimate of drug-likeness (QED) is 0.696. The van der Waals surface area contributed by atoms with Crippen molar-refractivity contribution in [2.24, 2.45) is 0 Å². The Hall–Kier alpha value is -1.59. The minimum atomic E-state index is 0.861. The van der Waals surface area contributed by atoms with Gasteiger partial charge in [-0.15, -0.1) is 0 Å². The molecule has 0 radical (unpaired) electrons. The molecule has 0 N–H and O–H groups in total. The summed E-state index contributed by atoms with van der Waals surface area (Å²) < 4.78 is 6.31. The van der Waals surface area contributed by atoms with Crippen molar-refractivity contribution in [1.82, 2.24) is 9.97 Å². The predicted molar refractivity (Wildman–Crippen MR) is 84.4 cm³/mol. The van der Waals surface area contributed by atoms with Crippen molar-refractivity contribution in [3.05, 3.63) is 53.3 Å². The largest absolute Gasteiger partial charge is 0.496 e. The second-order valence-electron chi connectivity index (χ2n) is 4.08. The molecule has 3 aromatic rings. The van der Waals surface area contributed by atoms with Gasteiger partial charge >= 0.3 is 0 Å². The van der Waals surface area contributed by atoms with E-state index in [1.807, 2.05) is 36.4 Å². The molecule has 3 rings (SSSR count). The van der Waals surface area contributed by atoms with Crippen molar-refractivity contribution in [2.75, 3.05) is 7.11 Å². The van der Waals surface area contributed by atoms with Gasteiger partial charge in [0.05, 0.1) is 17.5 Å². The van der Waals surface area contributed by atoms with Crippen LogP contribution in [-0.2, 0) is 0 Å². The van der Waals surface area contributed by atoms with E-state index in [0.717, 1.165) is 31.0 Å². The lowest BCUT2D eigenvalue weighted by Crippen LogP contribution is -1.88. The molecule has 0 fully saturated rings. The Balaban J connectivity index is 2.07. The molecule has 0 bridgehead atoms. The number of hydrogen-bond donors (Lipinski definition) is 0. The molecule has 0 saturated heterocycles. The maximum atomic E-state index is 5.38. The molecule has 0 spiro atoms. The number of nitrogens with zero attached hydrogens (tertiary/aromatic N) is 2. The van der Waals surface area contributed by atoms with Crippen LogP contribution in [0.15, 0.2) is 63.1 Å². The Labute approximate surface area is 129 Å². The highest BCUT2D eigenvalue weighted by Gasteiger charge is 2.09. The molecule has 3 nitrogen and oxygen atoms in total. The van der Waals surface area contributed by atoms with Crippen LogP contribution >= 0.6 is 27.7 Å². The molecule has 0 aliphatic heterocycles. The van der Waals surface area contributed by atoms with Gasteiger partial charge in [-0.1, -0.05) is 23.9 Å². The predicted octanol–water partition coefficient (Wildman–Crippen LogP) is 4.55. The molecule has 0 aliphatic rings. The van der Waals surface area contributed by atoms with Gasteiger partial charge in [0.1, 0.15) is 11.3 Å². The zero-order valence-electron chi connectivity index (χ0n) is 10.7. The highest BCUT2D eigenvalue weighted by atomic mass is 79.9. The number of methoxy groups -OCH3 is 1. The molecule has 5 heteroatoms. The van der Waals surface area contributed by atoms with E-state index in [4.69, 9.17) is 4.74 Å². The van der Waals surface area contributed by atoms with Crippen LogP contribution in [0, 0.1) is 0 Å². The first-order chi connectivity index (χ1) is 9.78. The van der Waals surface area contributed by atoms with E-state index in [-0.39, 0.29) is 0 Å². The molecule has 0 atom stereocenters. The third kappa shape index (κ3) is 2.64. The highest BCUT2D eigenvalue weighted by molar-refractivity contribution is 9.10. The van der Waals surface area contributed by atoms with Crippen LogP contribution in [0.4, 0.5) is 0 Å². The van der Waals surface area contributed by atoms with Gasteiger partial charge < -0.3 is 4.74 Å². The summed E-state index contributed by atoms with van der Waals surface area (Å²) >= 11 is 5.05. The molecule has 0 aliphatic carbocycles. The second-order valence-corrected chi connectivity index (χ2v) is 6.08. The zero-order valence-corrected chi connectivity index (χ0v) is 13.1. The van der Waals surface area contributed by atoms with Crippen LogP contribution in [0.2, 0.25) is 0 Å². The monoisotopic (exact) mass is 346 g/mol. The Morgan fingerprint density at radius 1 is 1.10 bits per heavy atom.